The molecule has 2 atom stereocenters. The van der Waals surface area contributed by atoms with Crippen molar-refractivity contribution < 1.29 is 9.90 Å². The Morgan fingerprint density at radius 3 is 2.57 bits per heavy atom. The van der Waals surface area contributed by atoms with Crippen LogP contribution in [-0.4, -0.2) is 22.1 Å². The molecule has 1 rings (SSSR count). The topological polar surface area (TPSA) is 76.2 Å². The molecule has 1 heterocycles. The minimum atomic E-state index is -0.830. The van der Waals surface area contributed by atoms with Crippen LogP contribution in [0.1, 0.15) is 24.8 Å². The SMILES string of the molecule is CC(N)C(CC(=O)O)c1ccncc1. The number of nitrogens with two attached hydrogens (primary N) is 1. The molecule has 0 spiro atoms. The average molecular weight is 194 g/mol. The molecule has 3 N–H and O–H groups in total. The van der Waals surface area contributed by atoms with E-state index in [4.69, 9.17) is 10.8 Å². The molecule has 0 aliphatic carbocycles. The zero-order chi connectivity index (χ0) is 10.6. The van der Waals surface area contributed by atoms with E-state index in [-0.39, 0.29) is 18.4 Å². The fraction of sp³-hybridized carbons (Fsp3) is 0.400. The Kier molecular flexibility index (Phi) is 3.59. The number of carboxylic acids is 1. The van der Waals surface area contributed by atoms with Crippen LogP contribution in [0.3, 0.4) is 0 Å². The molecule has 4 nitrogen and oxygen atoms in total. The van der Waals surface area contributed by atoms with Gasteiger partial charge in [0.05, 0.1) is 6.42 Å². The van der Waals surface area contributed by atoms with Crippen molar-refractivity contribution >= 4 is 5.97 Å². The summed E-state index contributed by atoms with van der Waals surface area (Å²) >= 11 is 0. The van der Waals surface area contributed by atoms with Crippen LogP contribution in [0.25, 0.3) is 0 Å². The predicted octanol–water partition coefficient (Wildman–Crippen LogP) is 0.987. The van der Waals surface area contributed by atoms with Gasteiger partial charge in [0.25, 0.3) is 0 Å². The molecule has 2 unspecified atom stereocenters. The maximum absolute atomic E-state index is 10.6. The third kappa shape index (κ3) is 2.81. The number of aliphatic carboxylic acids is 1. The number of rotatable bonds is 4. The molecular weight excluding hydrogens is 180 g/mol. The normalized spacial score (nSPS) is 14.7. The lowest BCUT2D eigenvalue weighted by Crippen LogP contribution is -2.26. The summed E-state index contributed by atoms with van der Waals surface area (Å²) in [5.41, 5.74) is 6.66. The van der Waals surface area contributed by atoms with E-state index >= 15 is 0 Å². The van der Waals surface area contributed by atoms with E-state index in [0.29, 0.717) is 0 Å². The Balaban J connectivity index is 2.83. The number of nitrogens with zero attached hydrogens (tertiary/aromatic N) is 1. The lowest BCUT2D eigenvalue weighted by molar-refractivity contribution is -0.137. The van der Waals surface area contributed by atoms with Gasteiger partial charge in [0.15, 0.2) is 0 Å². The summed E-state index contributed by atoms with van der Waals surface area (Å²) in [4.78, 5) is 14.5. The van der Waals surface area contributed by atoms with Crippen LogP contribution < -0.4 is 5.73 Å². The first-order chi connectivity index (χ1) is 6.61. The van der Waals surface area contributed by atoms with Crippen molar-refractivity contribution in [3.05, 3.63) is 30.1 Å². The molecule has 4 heteroatoms. The minimum absolute atomic E-state index is 0.0572. The van der Waals surface area contributed by atoms with E-state index in [1.807, 2.05) is 6.92 Å². The van der Waals surface area contributed by atoms with E-state index in [1.54, 1.807) is 24.5 Å². The van der Waals surface area contributed by atoms with Gasteiger partial charge in [-0.15, -0.1) is 0 Å². The highest BCUT2D eigenvalue weighted by Crippen LogP contribution is 2.21. The van der Waals surface area contributed by atoms with Crippen LogP contribution in [0.4, 0.5) is 0 Å². The third-order valence-corrected chi connectivity index (χ3v) is 2.16. The van der Waals surface area contributed by atoms with E-state index in [0.717, 1.165) is 5.56 Å². The summed E-state index contributed by atoms with van der Waals surface area (Å²) in [6.07, 6.45) is 3.35. The molecular formula is C10H14N2O2. The summed E-state index contributed by atoms with van der Waals surface area (Å²) in [7, 11) is 0. The molecule has 1 aromatic rings. The van der Waals surface area contributed by atoms with Crippen molar-refractivity contribution in [1.82, 2.24) is 4.98 Å². The maximum Gasteiger partial charge on any atom is 0.304 e. The first kappa shape index (κ1) is 10.7. The quantitative estimate of drug-likeness (QED) is 0.749. The third-order valence-electron chi connectivity index (χ3n) is 2.16. The van der Waals surface area contributed by atoms with Gasteiger partial charge in [-0.25, -0.2) is 0 Å². The number of carbonyl (C=O) groups is 1. The first-order valence-corrected chi connectivity index (χ1v) is 4.48. The molecule has 0 fully saturated rings. The van der Waals surface area contributed by atoms with Gasteiger partial charge >= 0.3 is 5.97 Å². The molecule has 1 aromatic heterocycles. The predicted molar refractivity (Wildman–Crippen MR) is 52.9 cm³/mol. The van der Waals surface area contributed by atoms with Crippen LogP contribution in [0, 0.1) is 0 Å². The van der Waals surface area contributed by atoms with Crippen molar-refractivity contribution in [1.29, 1.82) is 0 Å². The summed E-state index contributed by atoms with van der Waals surface area (Å²) < 4.78 is 0. The van der Waals surface area contributed by atoms with Gasteiger partial charge in [-0.1, -0.05) is 0 Å². The van der Waals surface area contributed by atoms with Crippen molar-refractivity contribution in [3.63, 3.8) is 0 Å². The molecule has 0 aliphatic rings. The van der Waals surface area contributed by atoms with E-state index in [2.05, 4.69) is 4.98 Å². The summed E-state index contributed by atoms with van der Waals surface area (Å²) in [6.45, 7) is 1.81. The lowest BCUT2D eigenvalue weighted by Gasteiger charge is -2.18. The van der Waals surface area contributed by atoms with Crippen LogP contribution >= 0.6 is 0 Å². The van der Waals surface area contributed by atoms with Gasteiger partial charge in [0, 0.05) is 24.4 Å². The largest absolute Gasteiger partial charge is 0.481 e. The molecule has 14 heavy (non-hydrogen) atoms. The zero-order valence-corrected chi connectivity index (χ0v) is 8.05. The smallest absolute Gasteiger partial charge is 0.304 e. The van der Waals surface area contributed by atoms with E-state index < -0.39 is 5.97 Å². The molecule has 76 valence electrons. The van der Waals surface area contributed by atoms with Crippen LogP contribution in [-0.2, 0) is 4.79 Å². The number of hydrogen-bond acceptors (Lipinski definition) is 3. The monoisotopic (exact) mass is 194 g/mol. The van der Waals surface area contributed by atoms with Gasteiger partial charge in [-0.3, -0.25) is 9.78 Å². The minimum Gasteiger partial charge on any atom is -0.481 e. The summed E-state index contributed by atoms with van der Waals surface area (Å²) in [5.74, 6) is -0.973. The average Bonchev–Trinajstić information content (AvgIpc) is 2.15. The highest BCUT2D eigenvalue weighted by Gasteiger charge is 2.19. The van der Waals surface area contributed by atoms with E-state index in [9.17, 15) is 4.79 Å². The van der Waals surface area contributed by atoms with Crippen LogP contribution in [0.5, 0.6) is 0 Å². The molecule has 0 bridgehead atoms. The van der Waals surface area contributed by atoms with Gasteiger partial charge in [-0.2, -0.15) is 0 Å². The van der Waals surface area contributed by atoms with Crippen molar-refractivity contribution in [2.75, 3.05) is 0 Å². The fourth-order valence-electron chi connectivity index (χ4n) is 1.41. The Morgan fingerprint density at radius 1 is 1.57 bits per heavy atom. The first-order valence-electron chi connectivity index (χ1n) is 4.48. The van der Waals surface area contributed by atoms with Crippen molar-refractivity contribution in [2.45, 2.75) is 25.3 Å². The second-order valence-electron chi connectivity index (χ2n) is 3.34. The molecule has 0 aliphatic heterocycles. The second kappa shape index (κ2) is 4.72. The van der Waals surface area contributed by atoms with Gasteiger partial charge in [-0.05, 0) is 24.6 Å². The number of hydrogen-bond donors (Lipinski definition) is 2. The Hall–Kier alpha value is -1.42. The lowest BCUT2D eigenvalue weighted by atomic mass is 9.91. The highest BCUT2D eigenvalue weighted by molar-refractivity contribution is 5.68. The van der Waals surface area contributed by atoms with E-state index in [1.165, 1.54) is 0 Å². The maximum atomic E-state index is 10.6. The molecule has 0 amide bonds. The number of aromatic nitrogens is 1. The molecule has 0 radical (unpaired) electrons. The van der Waals surface area contributed by atoms with Gasteiger partial charge in [0.1, 0.15) is 0 Å². The second-order valence-corrected chi connectivity index (χ2v) is 3.34. The standard InChI is InChI=1S/C10H14N2O2/c1-7(11)9(6-10(13)14)8-2-4-12-5-3-8/h2-5,7,9H,6,11H2,1H3,(H,13,14). The fourth-order valence-corrected chi connectivity index (χ4v) is 1.41. The highest BCUT2D eigenvalue weighted by atomic mass is 16.4. The molecule has 0 saturated carbocycles. The number of pyridine rings is 1. The summed E-state index contributed by atoms with van der Waals surface area (Å²) in [6, 6.07) is 3.43. The van der Waals surface area contributed by atoms with Gasteiger partial charge < -0.3 is 10.8 Å². The van der Waals surface area contributed by atoms with Crippen molar-refractivity contribution in [3.8, 4) is 0 Å². The molecule has 0 aromatic carbocycles. The van der Waals surface area contributed by atoms with Crippen LogP contribution in [0.15, 0.2) is 24.5 Å². The molecule has 0 saturated heterocycles. The zero-order valence-electron chi connectivity index (χ0n) is 8.05. The Bertz CT molecular complexity index is 298. The Morgan fingerprint density at radius 2 is 2.14 bits per heavy atom. The summed E-state index contributed by atoms with van der Waals surface area (Å²) in [5, 5.41) is 8.72. The van der Waals surface area contributed by atoms with Crippen molar-refractivity contribution in [2.24, 2.45) is 5.73 Å². The van der Waals surface area contributed by atoms with Gasteiger partial charge in [0.2, 0.25) is 0 Å². The number of carboxylic acid groups (broad SMARTS) is 1. The Labute approximate surface area is 82.8 Å². The van der Waals surface area contributed by atoms with Crippen LogP contribution in [0.2, 0.25) is 0 Å².